The lowest BCUT2D eigenvalue weighted by Crippen LogP contribution is -2.47. The maximum absolute atomic E-state index is 12.6. The highest BCUT2D eigenvalue weighted by Crippen LogP contribution is 2.30. The average Bonchev–Trinajstić information content (AvgIpc) is 3.09. The first kappa shape index (κ1) is 26.7. The van der Waals surface area contributed by atoms with Crippen LogP contribution in [0.5, 0.6) is 0 Å². The maximum Gasteiger partial charge on any atom is 0.511 e. The highest BCUT2D eigenvalue weighted by Gasteiger charge is 2.50. The van der Waals surface area contributed by atoms with Gasteiger partial charge in [-0.1, -0.05) is 6.92 Å². The summed E-state index contributed by atoms with van der Waals surface area (Å²) in [6.45, 7) is 6.72. The molecule has 2 aliphatic heterocycles. The van der Waals surface area contributed by atoms with Crippen molar-refractivity contribution in [1.29, 1.82) is 0 Å². The molecule has 12 heteroatoms. The first-order valence-electron chi connectivity index (χ1n) is 9.90. The lowest BCUT2D eigenvalue weighted by atomic mass is 9.98. The van der Waals surface area contributed by atoms with Crippen molar-refractivity contribution in [2.24, 2.45) is 16.8 Å². The molecule has 1 unspecified atom stereocenters. The van der Waals surface area contributed by atoms with E-state index >= 15 is 0 Å². The first-order valence-corrected chi connectivity index (χ1v) is 11.3. The largest absolute Gasteiger partial charge is 0.511 e. The van der Waals surface area contributed by atoms with Crippen molar-refractivity contribution in [3.63, 3.8) is 0 Å². The van der Waals surface area contributed by atoms with Gasteiger partial charge in [0.15, 0.2) is 5.96 Å². The van der Waals surface area contributed by atoms with Crippen molar-refractivity contribution in [3.05, 3.63) is 0 Å². The van der Waals surface area contributed by atoms with Gasteiger partial charge in [-0.25, -0.2) is 8.42 Å². The van der Waals surface area contributed by atoms with Crippen LogP contribution in [0.1, 0.15) is 32.6 Å². The van der Waals surface area contributed by atoms with Crippen LogP contribution in [-0.2, 0) is 10.0 Å². The Labute approximate surface area is 188 Å². The summed E-state index contributed by atoms with van der Waals surface area (Å²) < 4.78 is 61.3. The van der Waals surface area contributed by atoms with Crippen LogP contribution in [0.2, 0.25) is 0 Å². The molecule has 1 atom stereocenters. The molecule has 0 amide bonds. The van der Waals surface area contributed by atoms with Crippen molar-refractivity contribution in [3.8, 4) is 0 Å². The van der Waals surface area contributed by atoms with Gasteiger partial charge < -0.3 is 15.5 Å². The van der Waals surface area contributed by atoms with Crippen molar-refractivity contribution in [2.45, 2.75) is 38.1 Å². The molecule has 0 aromatic carbocycles. The number of piperidine rings is 1. The molecule has 0 saturated carbocycles. The maximum atomic E-state index is 12.6. The molecule has 0 radical (unpaired) electrons. The highest BCUT2D eigenvalue weighted by molar-refractivity contribution is 14.0. The zero-order valence-corrected chi connectivity index (χ0v) is 20.2. The predicted octanol–water partition coefficient (Wildman–Crippen LogP) is 2.06. The van der Waals surface area contributed by atoms with Crippen LogP contribution < -0.4 is 10.6 Å². The summed E-state index contributed by atoms with van der Waals surface area (Å²) >= 11 is 0. The Morgan fingerprint density at radius 2 is 1.62 bits per heavy atom. The molecule has 29 heavy (non-hydrogen) atoms. The predicted molar refractivity (Wildman–Crippen MR) is 119 cm³/mol. The van der Waals surface area contributed by atoms with Gasteiger partial charge in [0.1, 0.15) is 0 Å². The Kier molecular flexibility index (Phi) is 10.9. The average molecular weight is 555 g/mol. The molecule has 172 valence electrons. The lowest BCUT2D eigenvalue weighted by Gasteiger charge is -2.31. The van der Waals surface area contributed by atoms with Gasteiger partial charge in [-0.3, -0.25) is 4.99 Å². The van der Waals surface area contributed by atoms with Crippen LogP contribution >= 0.6 is 24.0 Å². The molecule has 2 aliphatic rings. The SMILES string of the molecule is CCCN1CCC(CNC(=NC)NCC2CCN(S(=O)(=O)C(F)(F)F)CC2)C1.I. The fourth-order valence-corrected chi connectivity index (χ4v) is 4.79. The third-order valence-electron chi connectivity index (χ3n) is 5.46. The van der Waals surface area contributed by atoms with E-state index in [1.54, 1.807) is 7.05 Å². The van der Waals surface area contributed by atoms with Crippen LogP contribution in [0.15, 0.2) is 4.99 Å². The van der Waals surface area contributed by atoms with Gasteiger partial charge in [0, 0.05) is 39.8 Å². The third kappa shape index (κ3) is 7.69. The minimum Gasteiger partial charge on any atom is -0.356 e. The van der Waals surface area contributed by atoms with E-state index in [9.17, 15) is 21.6 Å². The summed E-state index contributed by atoms with van der Waals surface area (Å²) in [5.41, 5.74) is -5.23. The summed E-state index contributed by atoms with van der Waals surface area (Å²) in [6, 6.07) is 0. The molecule has 0 aromatic rings. The number of nitrogens with one attached hydrogen (secondary N) is 2. The number of hydrogen-bond acceptors (Lipinski definition) is 4. The van der Waals surface area contributed by atoms with E-state index in [0.717, 1.165) is 39.0 Å². The zero-order valence-electron chi connectivity index (χ0n) is 17.0. The van der Waals surface area contributed by atoms with E-state index in [2.05, 4.69) is 27.4 Å². The Morgan fingerprint density at radius 1 is 1.07 bits per heavy atom. The van der Waals surface area contributed by atoms with Crippen LogP contribution in [0.4, 0.5) is 13.2 Å². The number of alkyl halides is 3. The first-order chi connectivity index (χ1) is 13.2. The molecule has 2 heterocycles. The van der Waals surface area contributed by atoms with E-state index in [4.69, 9.17) is 0 Å². The minimum atomic E-state index is -5.23. The molecule has 0 aliphatic carbocycles. The van der Waals surface area contributed by atoms with Gasteiger partial charge in [-0.15, -0.1) is 24.0 Å². The summed E-state index contributed by atoms with van der Waals surface area (Å²) in [5, 5.41) is 6.54. The number of nitrogens with zero attached hydrogens (tertiary/aromatic N) is 3. The number of hydrogen-bond donors (Lipinski definition) is 2. The third-order valence-corrected chi connectivity index (χ3v) is 7.09. The number of sulfonamides is 1. The molecule has 0 bridgehead atoms. The highest BCUT2D eigenvalue weighted by atomic mass is 127. The van der Waals surface area contributed by atoms with Crippen molar-refractivity contribution < 1.29 is 21.6 Å². The van der Waals surface area contributed by atoms with Gasteiger partial charge in [-0.2, -0.15) is 17.5 Å². The molecule has 2 N–H and O–H groups in total. The Bertz CT molecular complexity index is 625. The van der Waals surface area contributed by atoms with Crippen molar-refractivity contribution >= 4 is 40.0 Å². The summed E-state index contributed by atoms with van der Waals surface area (Å²) in [6.07, 6.45) is 3.12. The standard InChI is InChI=1S/C17H32F3N5O2S.HI/c1-3-7-24-8-4-15(13-24)12-23-16(21-2)22-11-14-5-9-25(10-6-14)28(26,27)17(18,19)20;/h14-15H,3-13H2,1-2H3,(H2,21,22,23);1H. The fraction of sp³-hybridized carbons (Fsp3) is 0.941. The van der Waals surface area contributed by atoms with E-state index in [-0.39, 0.29) is 43.0 Å². The Morgan fingerprint density at radius 3 is 2.14 bits per heavy atom. The lowest BCUT2D eigenvalue weighted by molar-refractivity contribution is -0.0496. The van der Waals surface area contributed by atoms with Gasteiger partial charge in [0.05, 0.1) is 0 Å². The summed E-state index contributed by atoms with van der Waals surface area (Å²) in [4.78, 5) is 6.66. The number of guanidine groups is 1. The second kappa shape index (κ2) is 11.9. The van der Waals surface area contributed by atoms with Crippen LogP contribution in [-0.4, -0.2) is 82.0 Å². The Balaban J connectivity index is 0.00000420. The quantitative estimate of drug-likeness (QED) is 0.286. The second-order valence-corrected chi connectivity index (χ2v) is 9.51. The van der Waals surface area contributed by atoms with Gasteiger partial charge in [0.25, 0.3) is 0 Å². The normalized spacial score (nSPS) is 23.1. The van der Waals surface area contributed by atoms with Crippen LogP contribution in [0.25, 0.3) is 0 Å². The molecule has 2 fully saturated rings. The molecular formula is C17H33F3IN5O2S. The Hall–Kier alpha value is -0.340. The molecule has 2 saturated heterocycles. The minimum absolute atomic E-state index is 0. The fourth-order valence-electron chi connectivity index (χ4n) is 3.80. The number of rotatable bonds is 7. The number of halogens is 4. The second-order valence-electron chi connectivity index (χ2n) is 7.58. The molecule has 0 spiro atoms. The van der Waals surface area contributed by atoms with Crippen molar-refractivity contribution in [2.75, 3.05) is 52.9 Å². The van der Waals surface area contributed by atoms with Gasteiger partial charge in [0.2, 0.25) is 0 Å². The monoisotopic (exact) mass is 555 g/mol. The van der Waals surface area contributed by atoms with Gasteiger partial charge in [-0.05, 0) is 50.6 Å². The van der Waals surface area contributed by atoms with E-state index in [0.29, 0.717) is 35.6 Å². The van der Waals surface area contributed by atoms with Crippen LogP contribution in [0.3, 0.4) is 0 Å². The molecule has 2 rings (SSSR count). The molecular weight excluding hydrogens is 522 g/mol. The summed E-state index contributed by atoms with van der Waals surface area (Å²) in [7, 11) is -3.53. The van der Waals surface area contributed by atoms with Gasteiger partial charge >= 0.3 is 15.5 Å². The smallest absolute Gasteiger partial charge is 0.356 e. The number of aliphatic imine (C=N–C) groups is 1. The molecule has 7 nitrogen and oxygen atoms in total. The van der Waals surface area contributed by atoms with Crippen molar-refractivity contribution in [1.82, 2.24) is 19.8 Å². The topological polar surface area (TPSA) is 77.0 Å². The van der Waals surface area contributed by atoms with Crippen LogP contribution in [0, 0.1) is 11.8 Å². The number of likely N-dealkylation sites (tertiary alicyclic amines) is 1. The van der Waals surface area contributed by atoms with E-state index in [1.807, 2.05) is 0 Å². The zero-order chi connectivity index (χ0) is 20.8. The van der Waals surface area contributed by atoms with E-state index in [1.165, 1.54) is 0 Å². The van der Waals surface area contributed by atoms with E-state index < -0.39 is 15.5 Å². The molecule has 0 aromatic heterocycles. The summed E-state index contributed by atoms with van der Waals surface area (Å²) in [5.74, 6) is 1.38.